The Morgan fingerprint density at radius 2 is 2.03 bits per heavy atom. The van der Waals surface area contributed by atoms with Crippen molar-refractivity contribution in [3.63, 3.8) is 0 Å². The van der Waals surface area contributed by atoms with E-state index < -0.39 is 6.16 Å². The van der Waals surface area contributed by atoms with Crippen LogP contribution in [0.3, 0.4) is 0 Å². The summed E-state index contributed by atoms with van der Waals surface area (Å²) in [5.74, 6) is 1.53. The van der Waals surface area contributed by atoms with Crippen molar-refractivity contribution < 1.29 is 19.0 Å². The molecular formula is C25H37NO4. The van der Waals surface area contributed by atoms with Gasteiger partial charge in [0.25, 0.3) is 0 Å². The zero-order valence-electron chi connectivity index (χ0n) is 18.6. The number of piperidine rings is 1. The van der Waals surface area contributed by atoms with E-state index in [-0.39, 0.29) is 12.9 Å². The second-order valence-electron chi connectivity index (χ2n) is 9.32. The first-order chi connectivity index (χ1) is 14.7. The van der Waals surface area contributed by atoms with Crippen LogP contribution >= 0.6 is 0 Å². The van der Waals surface area contributed by atoms with Crippen LogP contribution in [0.1, 0.15) is 82.8 Å². The molecule has 0 amide bonds. The molecule has 2 fully saturated rings. The minimum absolute atomic E-state index is 0.0635. The van der Waals surface area contributed by atoms with Crippen LogP contribution in [0, 0.1) is 5.92 Å². The lowest BCUT2D eigenvalue weighted by Gasteiger charge is -2.56. The maximum Gasteiger partial charge on any atom is 0.511 e. The van der Waals surface area contributed by atoms with Crippen molar-refractivity contribution in [2.24, 2.45) is 5.92 Å². The number of carbonyl (C=O) groups is 1. The third kappa shape index (κ3) is 4.32. The maximum absolute atomic E-state index is 12.0. The first-order valence-corrected chi connectivity index (χ1v) is 12.0. The predicted octanol–water partition coefficient (Wildman–Crippen LogP) is 5.49. The summed E-state index contributed by atoms with van der Waals surface area (Å²) in [5.41, 5.74) is 3.24. The Bertz CT molecular complexity index is 726. The van der Waals surface area contributed by atoms with E-state index in [0.717, 1.165) is 50.3 Å². The molecule has 1 heterocycles. The summed E-state index contributed by atoms with van der Waals surface area (Å²) in [6.07, 6.45) is 10.6. The number of nitrogens with one attached hydrogen (secondary N) is 1. The SMILES string of the molecule is CCCC(CCC)OC(=O)OCOc1ccc2c(c1)[C@]13CCCC[C@@H]1[C@@H](C2)NCC3. The monoisotopic (exact) mass is 415 g/mol. The highest BCUT2D eigenvalue weighted by molar-refractivity contribution is 5.60. The van der Waals surface area contributed by atoms with Crippen LogP contribution < -0.4 is 10.1 Å². The molecule has 2 bridgehead atoms. The molecule has 5 heteroatoms. The summed E-state index contributed by atoms with van der Waals surface area (Å²) in [5, 5.41) is 3.78. The molecule has 166 valence electrons. The topological polar surface area (TPSA) is 56.8 Å². The van der Waals surface area contributed by atoms with Crippen LogP contribution in [0.25, 0.3) is 0 Å². The molecule has 1 aromatic carbocycles. The number of carbonyl (C=O) groups excluding carboxylic acids is 1. The standard InChI is InChI=1S/C25H37NO4/c1-3-7-19(8-4-2)30-24(27)29-17-28-20-11-10-18-15-23-21-9-5-6-12-25(21,13-14-26-23)22(18)16-20/h10-11,16,19,21,23,26H,3-9,12-15,17H2,1-2H3/t21-,23-,25+/m1/s1. The molecular weight excluding hydrogens is 378 g/mol. The van der Waals surface area contributed by atoms with Crippen molar-refractivity contribution in [3.05, 3.63) is 29.3 Å². The van der Waals surface area contributed by atoms with E-state index in [1.165, 1.54) is 43.2 Å². The zero-order chi connectivity index (χ0) is 21.0. The van der Waals surface area contributed by atoms with Gasteiger partial charge in [-0.05, 0) is 74.2 Å². The quantitative estimate of drug-likeness (QED) is 0.449. The molecule has 1 aliphatic heterocycles. The smallest absolute Gasteiger partial charge is 0.457 e. The van der Waals surface area contributed by atoms with Gasteiger partial charge < -0.3 is 19.5 Å². The summed E-state index contributed by atoms with van der Waals surface area (Å²) in [6, 6.07) is 7.07. The van der Waals surface area contributed by atoms with Gasteiger partial charge in [-0.1, -0.05) is 45.6 Å². The van der Waals surface area contributed by atoms with E-state index in [1.807, 2.05) is 6.07 Å². The third-order valence-electron chi connectivity index (χ3n) is 7.51. The highest BCUT2D eigenvalue weighted by Gasteiger charge is 2.51. The Kier molecular flexibility index (Phi) is 6.87. The van der Waals surface area contributed by atoms with Crippen LogP contribution in [0.5, 0.6) is 5.75 Å². The fourth-order valence-corrected chi connectivity index (χ4v) is 6.22. The lowest BCUT2D eigenvalue weighted by molar-refractivity contribution is -0.0189. The Hall–Kier alpha value is -1.75. The fourth-order valence-electron chi connectivity index (χ4n) is 6.22. The Morgan fingerprint density at radius 3 is 2.83 bits per heavy atom. The maximum atomic E-state index is 12.0. The van der Waals surface area contributed by atoms with Gasteiger partial charge in [0.15, 0.2) is 0 Å². The van der Waals surface area contributed by atoms with Crippen LogP contribution in [0.4, 0.5) is 4.79 Å². The van der Waals surface area contributed by atoms with Gasteiger partial charge in [0, 0.05) is 11.5 Å². The van der Waals surface area contributed by atoms with Crippen molar-refractivity contribution >= 4 is 6.16 Å². The largest absolute Gasteiger partial charge is 0.511 e. The van der Waals surface area contributed by atoms with E-state index in [9.17, 15) is 4.79 Å². The summed E-state index contributed by atoms with van der Waals surface area (Å²) in [6.45, 7) is 5.19. The van der Waals surface area contributed by atoms with Crippen LogP contribution in [-0.2, 0) is 21.3 Å². The van der Waals surface area contributed by atoms with Gasteiger partial charge in [-0.3, -0.25) is 0 Å². The molecule has 4 rings (SSSR count). The first kappa shape index (κ1) is 21.5. The van der Waals surface area contributed by atoms with Gasteiger partial charge in [-0.2, -0.15) is 0 Å². The minimum Gasteiger partial charge on any atom is -0.457 e. The highest BCUT2D eigenvalue weighted by Crippen LogP contribution is 2.54. The molecule has 2 aliphatic carbocycles. The van der Waals surface area contributed by atoms with Gasteiger partial charge in [0.05, 0.1) is 0 Å². The van der Waals surface area contributed by atoms with Crippen molar-refractivity contribution in [3.8, 4) is 5.75 Å². The summed E-state index contributed by atoms with van der Waals surface area (Å²) in [7, 11) is 0. The van der Waals surface area contributed by atoms with E-state index in [1.54, 1.807) is 0 Å². The molecule has 1 aromatic rings. The summed E-state index contributed by atoms with van der Waals surface area (Å²) in [4.78, 5) is 12.0. The molecule has 0 unspecified atom stereocenters. The van der Waals surface area contributed by atoms with Crippen LogP contribution in [0.2, 0.25) is 0 Å². The summed E-state index contributed by atoms with van der Waals surface area (Å²) >= 11 is 0. The number of rotatable bonds is 8. The molecule has 1 N–H and O–H groups in total. The lowest BCUT2D eigenvalue weighted by Crippen LogP contribution is -2.59. The second kappa shape index (κ2) is 9.59. The molecule has 1 saturated carbocycles. The Balaban J connectivity index is 1.38. The molecule has 0 aromatic heterocycles. The van der Waals surface area contributed by atoms with Gasteiger partial charge >= 0.3 is 6.16 Å². The van der Waals surface area contributed by atoms with Crippen molar-refractivity contribution in [2.75, 3.05) is 13.3 Å². The fraction of sp³-hybridized carbons (Fsp3) is 0.720. The average Bonchev–Trinajstić information content (AvgIpc) is 2.74. The number of benzene rings is 1. The van der Waals surface area contributed by atoms with Crippen molar-refractivity contribution in [2.45, 2.75) is 95.6 Å². The Morgan fingerprint density at radius 1 is 1.20 bits per heavy atom. The molecule has 30 heavy (non-hydrogen) atoms. The number of hydrogen-bond donors (Lipinski definition) is 1. The molecule has 3 atom stereocenters. The normalized spacial score (nSPS) is 27.2. The number of fused-ring (bicyclic) bond motifs is 1. The average molecular weight is 416 g/mol. The van der Waals surface area contributed by atoms with Crippen LogP contribution in [-0.4, -0.2) is 31.6 Å². The second-order valence-corrected chi connectivity index (χ2v) is 9.32. The molecule has 3 aliphatic rings. The number of hydrogen-bond acceptors (Lipinski definition) is 5. The lowest BCUT2D eigenvalue weighted by atomic mass is 9.53. The highest BCUT2D eigenvalue weighted by atomic mass is 16.8. The van der Waals surface area contributed by atoms with E-state index in [2.05, 4.69) is 31.3 Å². The van der Waals surface area contributed by atoms with Crippen molar-refractivity contribution in [1.82, 2.24) is 5.32 Å². The van der Waals surface area contributed by atoms with E-state index in [0.29, 0.717) is 11.5 Å². The first-order valence-electron chi connectivity index (χ1n) is 12.0. The molecule has 0 radical (unpaired) electrons. The Labute approximate surface area is 180 Å². The zero-order valence-corrected chi connectivity index (χ0v) is 18.6. The predicted molar refractivity (Wildman–Crippen MR) is 117 cm³/mol. The van der Waals surface area contributed by atoms with Crippen molar-refractivity contribution in [1.29, 1.82) is 0 Å². The van der Waals surface area contributed by atoms with E-state index >= 15 is 0 Å². The van der Waals surface area contributed by atoms with Gasteiger partial charge in [0.1, 0.15) is 11.9 Å². The molecule has 1 saturated heterocycles. The van der Waals surface area contributed by atoms with Gasteiger partial charge in [-0.15, -0.1) is 0 Å². The third-order valence-corrected chi connectivity index (χ3v) is 7.51. The number of ether oxygens (including phenoxy) is 3. The summed E-state index contributed by atoms with van der Waals surface area (Å²) < 4.78 is 16.5. The molecule has 0 spiro atoms. The van der Waals surface area contributed by atoms with Gasteiger partial charge in [-0.25, -0.2) is 4.79 Å². The van der Waals surface area contributed by atoms with Crippen LogP contribution in [0.15, 0.2) is 18.2 Å². The minimum atomic E-state index is -0.632. The van der Waals surface area contributed by atoms with Gasteiger partial charge in [0.2, 0.25) is 6.79 Å². The molecule has 5 nitrogen and oxygen atoms in total. The van der Waals surface area contributed by atoms with E-state index in [4.69, 9.17) is 14.2 Å².